The molecule has 0 saturated carbocycles. The van der Waals surface area contributed by atoms with Gasteiger partial charge in [0.15, 0.2) is 0 Å². The molecule has 1 aromatic heterocycles. The molecule has 1 aromatic rings. The molecule has 0 bridgehead atoms. The van der Waals surface area contributed by atoms with E-state index in [1.807, 2.05) is 18.0 Å². The number of likely N-dealkylation sites (tertiary alicyclic amines) is 1. The predicted molar refractivity (Wildman–Crippen MR) is 58.6 cm³/mol. The average Bonchev–Trinajstić information content (AvgIpc) is 2.63. The molecular formula is C11H17N3O. The van der Waals surface area contributed by atoms with Crippen LogP contribution < -0.4 is 5.73 Å². The normalized spacial score (nSPS) is 21.7. The van der Waals surface area contributed by atoms with Crippen molar-refractivity contribution in [3.8, 4) is 0 Å². The van der Waals surface area contributed by atoms with Gasteiger partial charge in [-0.25, -0.2) is 0 Å². The number of nitrogens with zero attached hydrogens (tertiary/aromatic N) is 1. The van der Waals surface area contributed by atoms with Crippen molar-refractivity contribution in [2.45, 2.75) is 25.8 Å². The number of aromatic nitrogens is 1. The molecule has 82 valence electrons. The molecule has 0 aromatic carbocycles. The Balaban J connectivity index is 2.11. The first kappa shape index (κ1) is 10.2. The van der Waals surface area contributed by atoms with Crippen molar-refractivity contribution in [3.63, 3.8) is 0 Å². The largest absolute Gasteiger partial charge is 0.367 e. The Morgan fingerprint density at radius 2 is 2.40 bits per heavy atom. The summed E-state index contributed by atoms with van der Waals surface area (Å²) in [4.78, 5) is 16.9. The summed E-state index contributed by atoms with van der Waals surface area (Å²) in [5.74, 6) is 0.101. The third kappa shape index (κ3) is 2.04. The monoisotopic (exact) mass is 207 g/mol. The first-order valence-electron chi connectivity index (χ1n) is 5.36. The lowest BCUT2D eigenvalue weighted by Crippen LogP contribution is -2.45. The minimum absolute atomic E-state index is 0.101. The highest BCUT2D eigenvalue weighted by molar-refractivity contribution is 5.95. The summed E-state index contributed by atoms with van der Waals surface area (Å²) in [6, 6.07) is 0.141. The van der Waals surface area contributed by atoms with Crippen molar-refractivity contribution in [2.75, 3.05) is 13.1 Å². The Kier molecular flexibility index (Phi) is 2.77. The fourth-order valence-corrected chi connectivity index (χ4v) is 2.04. The smallest absolute Gasteiger partial charge is 0.255 e. The van der Waals surface area contributed by atoms with E-state index < -0.39 is 0 Å². The van der Waals surface area contributed by atoms with Gasteiger partial charge >= 0.3 is 0 Å². The van der Waals surface area contributed by atoms with Crippen LogP contribution in [0.4, 0.5) is 0 Å². The van der Waals surface area contributed by atoms with Crippen LogP contribution in [0.1, 0.15) is 28.8 Å². The number of piperidine rings is 1. The van der Waals surface area contributed by atoms with E-state index in [1.165, 1.54) is 0 Å². The number of hydrogen-bond acceptors (Lipinski definition) is 2. The van der Waals surface area contributed by atoms with Crippen molar-refractivity contribution < 1.29 is 4.79 Å². The Labute approximate surface area is 89.5 Å². The zero-order valence-electron chi connectivity index (χ0n) is 8.99. The highest BCUT2D eigenvalue weighted by atomic mass is 16.2. The lowest BCUT2D eigenvalue weighted by Gasteiger charge is -2.30. The fraction of sp³-hybridized carbons (Fsp3) is 0.545. The molecule has 4 nitrogen and oxygen atoms in total. The summed E-state index contributed by atoms with van der Waals surface area (Å²) < 4.78 is 0. The molecule has 1 aliphatic heterocycles. The molecule has 1 amide bonds. The number of H-pyrrole nitrogens is 1. The van der Waals surface area contributed by atoms with Crippen molar-refractivity contribution in [1.29, 1.82) is 0 Å². The lowest BCUT2D eigenvalue weighted by molar-refractivity contribution is 0.0708. The number of rotatable bonds is 1. The Morgan fingerprint density at radius 1 is 1.60 bits per heavy atom. The quantitative estimate of drug-likeness (QED) is 0.718. The first-order valence-corrected chi connectivity index (χ1v) is 5.36. The summed E-state index contributed by atoms with van der Waals surface area (Å²) in [5.41, 5.74) is 7.62. The van der Waals surface area contributed by atoms with Crippen LogP contribution in [0.15, 0.2) is 12.4 Å². The number of carbonyl (C=O) groups is 1. The first-order chi connectivity index (χ1) is 7.18. The number of amides is 1. The number of nitrogens with two attached hydrogens (primary N) is 1. The van der Waals surface area contributed by atoms with Gasteiger partial charge in [0.05, 0.1) is 5.56 Å². The van der Waals surface area contributed by atoms with Gasteiger partial charge in [-0.05, 0) is 25.3 Å². The van der Waals surface area contributed by atoms with E-state index in [4.69, 9.17) is 5.73 Å². The molecule has 1 fully saturated rings. The summed E-state index contributed by atoms with van der Waals surface area (Å²) in [7, 11) is 0. The van der Waals surface area contributed by atoms with Crippen LogP contribution in [-0.4, -0.2) is 34.9 Å². The van der Waals surface area contributed by atoms with Crippen molar-refractivity contribution in [3.05, 3.63) is 23.5 Å². The van der Waals surface area contributed by atoms with Crippen LogP contribution in [0.3, 0.4) is 0 Å². The molecular weight excluding hydrogens is 190 g/mol. The molecule has 0 radical (unpaired) electrons. The van der Waals surface area contributed by atoms with Gasteiger partial charge < -0.3 is 15.6 Å². The standard InChI is InChI=1S/C11H17N3O/c1-8-5-13-6-10(8)11(15)14-4-2-3-9(12)7-14/h5-6,9,13H,2-4,7,12H2,1H3/t9-/m1/s1. The van der Waals surface area contributed by atoms with Crippen LogP contribution in [0.5, 0.6) is 0 Å². The zero-order valence-corrected chi connectivity index (χ0v) is 8.99. The van der Waals surface area contributed by atoms with Crippen LogP contribution in [0.25, 0.3) is 0 Å². The van der Waals surface area contributed by atoms with E-state index in [2.05, 4.69) is 4.98 Å². The van der Waals surface area contributed by atoms with Crippen LogP contribution in [-0.2, 0) is 0 Å². The minimum Gasteiger partial charge on any atom is -0.367 e. The van der Waals surface area contributed by atoms with Gasteiger partial charge in [0, 0.05) is 31.5 Å². The SMILES string of the molecule is Cc1c[nH]cc1C(=O)N1CCC[C@@H](N)C1. The molecule has 1 atom stereocenters. The summed E-state index contributed by atoms with van der Waals surface area (Å²) in [6.45, 7) is 3.45. The van der Waals surface area contributed by atoms with Gasteiger partial charge in [-0.1, -0.05) is 0 Å². The predicted octanol–water partition coefficient (Wildman–Crippen LogP) is 0.886. The van der Waals surface area contributed by atoms with Crippen LogP contribution in [0.2, 0.25) is 0 Å². The van der Waals surface area contributed by atoms with E-state index in [1.54, 1.807) is 6.20 Å². The van der Waals surface area contributed by atoms with E-state index in [0.717, 1.165) is 30.5 Å². The van der Waals surface area contributed by atoms with Gasteiger partial charge in [0.2, 0.25) is 0 Å². The maximum Gasteiger partial charge on any atom is 0.255 e. The fourth-order valence-electron chi connectivity index (χ4n) is 2.04. The number of carbonyl (C=O) groups excluding carboxylic acids is 1. The van der Waals surface area contributed by atoms with E-state index in [-0.39, 0.29) is 11.9 Å². The summed E-state index contributed by atoms with van der Waals surface area (Å²) in [6.07, 6.45) is 5.64. The molecule has 4 heteroatoms. The number of aromatic amines is 1. The average molecular weight is 207 g/mol. The third-order valence-corrected chi connectivity index (χ3v) is 2.93. The molecule has 3 N–H and O–H groups in total. The second-order valence-corrected chi connectivity index (χ2v) is 4.21. The van der Waals surface area contributed by atoms with Gasteiger partial charge in [-0.15, -0.1) is 0 Å². The highest BCUT2D eigenvalue weighted by Gasteiger charge is 2.23. The number of aryl methyl sites for hydroxylation is 1. The minimum atomic E-state index is 0.101. The van der Waals surface area contributed by atoms with Crippen LogP contribution >= 0.6 is 0 Å². The van der Waals surface area contributed by atoms with Crippen LogP contribution in [0, 0.1) is 6.92 Å². The maximum absolute atomic E-state index is 12.1. The van der Waals surface area contributed by atoms with Gasteiger partial charge in [-0.2, -0.15) is 0 Å². The molecule has 0 aliphatic carbocycles. The summed E-state index contributed by atoms with van der Waals surface area (Å²) in [5, 5.41) is 0. The Morgan fingerprint density at radius 3 is 3.00 bits per heavy atom. The second kappa shape index (κ2) is 4.06. The van der Waals surface area contributed by atoms with E-state index in [0.29, 0.717) is 6.54 Å². The van der Waals surface area contributed by atoms with Crippen molar-refractivity contribution >= 4 is 5.91 Å². The number of hydrogen-bond donors (Lipinski definition) is 2. The van der Waals surface area contributed by atoms with Crippen molar-refractivity contribution in [2.24, 2.45) is 5.73 Å². The maximum atomic E-state index is 12.1. The molecule has 0 unspecified atom stereocenters. The van der Waals surface area contributed by atoms with Gasteiger partial charge in [0.25, 0.3) is 5.91 Å². The molecule has 0 spiro atoms. The van der Waals surface area contributed by atoms with Gasteiger partial charge in [0.1, 0.15) is 0 Å². The van der Waals surface area contributed by atoms with Gasteiger partial charge in [-0.3, -0.25) is 4.79 Å². The molecule has 1 aliphatic rings. The number of nitrogens with one attached hydrogen (secondary N) is 1. The van der Waals surface area contributed by atoms with Crippen molar-refractivity contribution in [1.82, 2.24) is 9.88 Å². The zero-order chi connectivity index (χ0) is 10.8. The lowest BCUT2D eigenvalue weighted by atomic mass is 10.1. The third-order valence-electron chi connectivity index (χ3n) is 2.93. The van der Waals surface area contributed by atoms with E-state index >= 15 is 0 Å². The highest BCUT2D eigenvalue weighted by Crippen LogP contribution is 2.14. The molecule has 15 heavy (non-hydrogen) atoms. The Hall–Kier alpha value is -1.29. The molecule has 2 heterocycles. The summed E-state index contributed by atoms with van der Waals surface area (Å²) >= 11 is 0. The molecule has 1 saturated heterocycles. The molecule has 2 rings (SSSR count). The topological polar surface area (TPSA) is 62.1 Å². The Bertz CT molecular complexity index is 358. The second-order valence-electron chi connectivity index (χ2n) is 4.21. The van der Waals surface area contributed by atoms with E-state index in [9.17, 15) is 4.79 Å².